The Balaban J connectivity index is 4.34. The summed E-state index contributed by atoms with van der Waals surface area (Å²) < 4.78 is 16.9. The highest BCUT2D eigenvalue weighted by Gasteiger charge is 2.19. The van der Waals surface area contributed by atoms with Crippen LogP contribution in [0.4, 0.5) is 0 Å². The van der Waals surface area contributed by atoms with Crippen LogP contribution in [0.25, 0.3) is 0 Å². The zero-order valence-corrected chi connectivity index (χ0v) is 54.7. The first-order valence-corrected chi connectivity index (χ1v) is 35.4. The molecule has 0 aromatic heterocycles. The highest BCUT2D eigenvalue weighted by atomic mass is 16.6. The van der Waals surface area contributed by atoms with E-state index in [-0.39, 0.29) is 37.5 Å². The van der Waals surface area contributed by atoms with E-state index in [1.165, 1.54) is 186 Å². The minimum absolute atomic E-state index is 0.0933. The van der Waals surface area contributed by atoms with E-state index in [0.29, 0.717) is 12.8 Å². The van der Waals surface area contributed by atoms with Gasteiger partial charge in [-0.2, -0.15) is 0 Å². The van der Waals surface area contributed by atoms with E-state index in [1.807, 2.05) is 0 Å². The molecule has 0 heterocycles. The quantitative estimate of drug-likeness (QED) is 0.0261. The summed E-state index contributed by atoms with van der Waals surface area (Å²) in [4.78, 5) is 38.4. The number of carbonyl (C=O) groups is 3. The Morgan fingerprint density at radius 3 is 0.771 bits per heavy atom. The van der Waals surface area contributed by atoms with Gasteiger partial charge in [-0.15, -0.1) is 0 Å². The van der Waals surface area contributed by atoms with Crippen molar-refractivity contribution in [3.05, 3.63) is 109 Å². The lowest BCUT2D eigenvalue weighted by atomic mass is 10.0. The molecule has 0 aromatic rings. The molecule has 83 heavy (non-hydrogen) atoms. The molecule has 1 atom stereocenters. The molecular weight excluding hydrogens is 1020 g/mol. The van der Waals surface area contributed by atoms with Crippen LogP contribution in [0.2, 0.25) is 0 Å². The maximum Gasteiger partial charge on any atom is 0.306 e. The summed E-state index contributed by atoms with van der Waals surface area (Å²) in [7, 11) is 0. The lowest BCUT2D eigenvalue weighted by molar-refractivity contribution is -0.167. The van der Waals surface area contributed by atoms with Gasteiger partial charge in [-0.1, -0.05) is 304 Å². The Hall–Kier alpha value is -3.93. The Morgan fingerprint density at radius 2 is 0.470 bits per heavy atom. The smallest absolute Gasteiger partial charge is 0.306 e. The molecule has 0 aliphatic rings. The lowest BCUT2D eigenvalue weighted by Gasteiger charge is -2.18. The minimum atomic E-state index is -0.802. The zero-order valence-electron chi connectivity index (χ0n) is 54.7. The second-order valence-electron chi connectivity index (χ2n) is 23.4. The predicted molar refractivity (Wildman–Crippen MR) is 362 cm³/mol. The number of hydrogen-bond donors (Lipinski definition) is 0. The van der Waals surface area contributed by atoms with Gasteiger partial charge in [0, 0.05) is 19.3 Å². The van der Waals surface area contributed by atoms with E-state index in [9.17, 15) is 14.4 Å². The van der Waals surface area contributed by atoms with Crippen LogP contribution >= 0.6 is 0 Å². The molecule has 0 aromatic carbocycles. The summed E-state index contributed by atoms with van der Waals surface area (Å²) in [6, 6.07) is 0. The maximum atomic E-state index is 12.9. The minimum Gasteiger partial charge on any atom is -0.462 e. The van der Waals surface area contributed by atoms with Crippen molar-refractivity contribution in [2.45, 2.75) is 348 Å². The first-order valence-electron chi connectivity index (χ1n) is 35.4. The van der Waals surface area contributed by atoms with Crippen LogP contribution in [0.1, 0.15) is 342 Å². The summed E-state index contributed by atoms with van der Waals surface area (Å²) in [5.74, 6) is -0.924. The van der Waals surface area contributed by atoms with E-state index in [1.54, 1.807) is 0 Å². The first kappa shape index (κ1) is 79.1. The first-order chi connectivity index (χ1) is 41.0. The Kier molecular flexibility index (Phi) is 67.2. The van der Waals surface area contributed by atoms with Gasteiger partial charge in [0.1, 0.15) is 13.2 Å². The molecule has 0 aliphatic carbocycles. The SMILES string of the molecule is CC/C=C\C/C=C\C/C=C\C/C=C\C/C=C\C/C=C\C/C=C\CCCCCC(=O)OC(COC(=O)CCCCCCC/C=C\CCCCCC)COC(=O)CCCCCCCCCCCCCCCCC/C=C\CCCCCCCCCC. The molecule has 0 saturated carbocycles. The average molecular weight is 1150 g/mol. The number of esters is 3. The van der Waals surface area contributed by atoms with Crippen LogP contribution in [0.5, 0.6) is 0 Å². The van der Waals surface area contributed by atoms with Gasteiger partial charge < -0.3 is 14.2 Å². The third-order valence-electron chi connectivity index (χ3n) is 15.2. The Labute approximate surface area is 514 Å². The molecule has 0 rings (SSSR count). The number of carbonyl (C=O) groups excluding carboxylic acids is 3. The number of ether oxygens (including phenoxy) is 3. The van der Waals surface area contributed by atoms with Crippen LogP contribution in [0, 0.1) is 0 Å². The fourth-order valence-electron chi connectivity index (χ4n) is 9.94. The van der Waals surface area contributed by atoms with Crippen LogP contribution in [-0.4, -0.2) is 37.2 Å². The second-order valence-corrected chi connectivity index (χ2v) is 23.4. The third-order valence-corrected chi connectivity index (χ3v) is 15.2. The molecule has 0 saturated heterocycles. The standard InChI is InChI=1S/C77H132O6/c1-4-7-10-13-16-19-22-25-27-29-31-33-35-37-38-40-41-43-45-47-49-52-55-58-61-64-67-70-76(79)82-73-74(72-81-75(78)69-66-63-60-57-54-51-24-21-18-15-12-9-6-3)83-77(80)71-68-65-62-59-56-53-50-48-46-44-42-39-36-34-32-30-28-26-23-20-17-14-11-8-5-2/h8,11,17,20-21,24,26,28-29,31-32,34,39,42,46,48,53,56,74H,4-7,9-10,12-16,18-19,22-23,25,27,30,33,35-38,40-41,43-45,47,49-52,54-55,57-73H2,1-3H3/b11-8-,20-17-,24-21-,28-26-,31-29-,34-32-,42-39-,48-46-,56-53-. The van der Waals surface area contributed by atoms with Crippen LogP contribution in [0.3, 0.4) is 0 Å². The monoisotopic (exact) mass is 1150 g/mol. The molecule has 0 N–H and O–H groups in total. The van der Waals surface area contributed by atoms with Crippen molar-refractivity contribution in [3.8, 4) is 0 Å². The molecular formula is C77H132O6. The average Bonchev–Trinajstić information content (AvgIpc) is 3.49. The van der Waals surface area contributed by atoms with Crippen molar-refractivity contribution in [1.82, 2.24) is 0 Å². The third kappa shape index (κ3) is 68.7. The maximum absolute atomic E-state index is 12.9. The topological polar surface area (TPSA) is 78.9 Å². The fourth-order valence-corrected chi connectivity index (χ4v) is 9.94. The molecule has 0 amide bonds. The summed E-state index contributed by atoms with van der Waals surface area (Å²) in [5.41, 5.74) is 0. The van der Waals surface area contributed by atoms with Gasteiger partial charge in [-0.25, -0.2) is 0 Å². The predicted octanol–water partition coefficient (Wildman–Crippen LogP) is 24.6. The van der Waals surface area contributed by atoms with Crippen LogP contribution in [-0.2, 0) is 28.6 Å². The molecule has 6 nitrogen and oxygen atoms in total. The molecule has 0 radical (unpaired) electrons. The Morgan fingerprint density at radius 1 is 0.253 bits per heavy atom. The largest absolute Gasteiger partial charge is 0.462 e. The van der Waals surface area contributed by atoms with Crippen molar-refractivity contribution in [2.75, 3.05) is 13.2 Å². The van der Waals surface area contributed by atoms with Crippen molar-refractivity contribution < 1.29 is 28.6 Å². The number of rotatable bonds is 64. The van der Waals surface area contributed by atoms with E-state index in [2.05, 4.69) is 130 Å². The molecule has 476 valence electrons. The summed E-state index contributed by atoms with van der Waals surface area (Å²) in [6.45, 7) is 6.51. The van der Waals surface area contributed by atoms with Gasteiger partial charge in [0.15, 0.2) is 6.10 Å². The van der Waals surface area contributed by atoms with E-state index in [0.717, 1.165) is 116 Å². The van der Waals surface area contributed by atoms with Gasteiger partial charge in [-0.3, -0.25) is 14.4 Å². The van der Waals surface area contributed by atoms with Crippen molar-refractivity contribution in [2.24, 2.45) is 0 Å². The normalized spacial score (nSPS) is 12.8. The molecule has 0 spiro atoms. The molecule has 0 aliphatic heterocycles. The van der Waals surface area contributed by atoms with Crippen LogP contribution in [0.15, 0.2) is 109 Å². The van der Waals surface area contributed by atoms with Gasteiger partial charge in [0.25, 0.3) is 0 Å². The van der Waals surface area contributed by atoms with Gasteiger partial charge in [0.05, 0.1) is 0 Å². The van der Waals surface area contributed by atoms with Crippen LogP contribution < -0.4 is 0 Å². The fraction of sp³-hybridized carbons (Fsp3) is 0.727. The number of unbranched alkanes of at least 4 members (excludes halogenated alkanes) is 35. The molecule has 6 heteroatoms. The Bertz CT molecular complexity index is 1660. The van der Waals surface area contributed by atoms with Gasteiger partial charge >= 0.3 is 17.9 Å². The summed E-state index contributed by atoms with van der Waals surface area (Å²) >= 11 is 0. The van der Waals surface area contributed by atoms with E-state index >= 15 is 0 Å². The number of allylic oxidation sites excluding steroid dienone is 18. The van der Waals surface area contributed by atoms with Gasteiger partial charge in [0.2, 0.25) is 0 Å². The highest BCUT2D eigenvalue weighted by Crippen LogP contribution is 2.17. The summed E-state index contributed by atoms with van der Waals surface area (Å²) in [5, 5.41) is 0. The molecule has 0 fully saturated rings. The number of hydrogen-bond acceptors (Lipinski definition) is 6. The van der Waals surface area contributed by atoms with Gasteiger partial charge in [-0.05, 0) is 128 Å². The zero-order chi connectivity index (χ0) is 59.9. The van der Waals surface area contributed by atoms with Crippen molar-refractivity contribution in [3.63, 3.8) is 0 Å². The van der Waals surface area contributed by atoms with Crippen molar-refractivity contribution in [1.29, 1.82) is 0 Å². The van der Waals surface area contributed by atoms with Crippen molar-refractivity contribution >= 4 is 17.9 Å². The second kappa shape index (κ2) is 70.6. The molecule has 1 unspecified atom stereocenters. The van der Waals surface area contributed by atoms with E-state index < -0.39 is 6.10 Å². The molecule has 0 bridgehead atoms. The lowest BCUT2D eigenvalue weighted by Crippen LogP contribution is -2.30. The van der Waals surface area contributed by atoms with E-state index in [4.69, 9.17) is 14.2 Å². The summed E-state index contributed by atoms with van der Waals surface area (Å²) in [6.07, 6.45) is 96.9. The highest BCUT2D eigenvalue weighted by molar-refractivity contribution is 5.71.